The molecule has 0 N–H and O–H groups in total. The minimum absolute atomic E-state index is 0.0953. The third kappa shape index (κ3) is 4.43. The van der Waals surface area contributed by atoms with Crippen LogP contribution in [-0.4, -0.2) is 43.5 Å². The molecule has 0 unspecified atom stereocenters. The lowest BCUT2D eigenvalue weighted by atomic mass is 10.2. The van der Waals surface area contributed by atoms with Crippen molar-refractivity contribution in [2.75, 3.05) is 32.7 Å². The van der Waals surface area contributed by atoms with Crippen LogP contribution in [0.15, 0.2) is 22.7 Å². The van der Waals surface area contributed by atoms with Crippen molar-refractivity contribution in [3.05, 3.63) is 33.3 Å². The molecule has 6 heteroatoms. The maximum atomic E-state index is 12.2. The molecular weight excluding hydrogens is 341 g/mol. The molecule has 0 spiro atoms. The van der Waals surface area contributed by atoms with Crippen molar-refractivity contribution in [2.45, 2.75) is 0 Å². The molecule has 0 aliphatic heterocycles. The van der Waals surface area contributed by atoms with Gasteiger partial charge in [-0.3, -0.25) is 4.79 Å². The van der Waals surface area contributed by atoms with Gasteiger partial charge in [-0.15, -0.1) is 11.6 Å². The smallest absolute Gasteiger partial charge is 0.254 e. The van der Waals surface area contributed by atoms with Crippen molar-refractivity contribution in [3.8, 4) is 0 Å². The average molecular weight is 355 g/mol. The topological polar surface area (TPSA) is 29.5 Å². The Morgan fingerprint density at radius 2 is 2.17 bits per heavy atom. The molecule has 0 heterocycles. The number of hydrogen-bond acceptors (Lipinski definition) is 2. The first-order valence-electron chi connectivity index (χ1n) is 5.39. The van der Waals surface area contributed by atoms with Crippen LogP contribution in [0.3, 0.4) is 0 Å². The molecule has 0 aromatic heterocycles. The number of methoxy groups -OCH3 is 1. The Morgan fingerprint density at radius 1 is 1.44 bits per heavy atom. The number of nitrogens with zero attached hydrogens (tertiary/aromatic N) is 1. The highest BCUT2D eigenvalue weighted by molar-refractivity contribution is 9.10. The van der Waals surface area contributed by atoms with Crippen molar-refractivity contribution < 1.29 is 9.53 Å². The lowest BCUT2D eigenvalue weighted by molar-refractivity contribution is 0.0708. The highest BCUT2D eigenvalue weighted by Gasteiger charge is 2.15. The van der Waals surface area contributed by atoms with Gasteiger partial charge in [0.05, 0.1) is 11.6 Å². The van der Waals surface area contributed by atoms with E-state index in [1.807, 2.05) is 0 Å². The van der Waals surface area contributed by atoms with Crippen LogP contribution in [0.2, 0.25) is 5.02 Å². The van der Waals surface area contributed by atoms with Crippen LogP contribution in [0.25, 0.3) is 0 Å². The van der Waals surface area contributed by atoms with Gasteiger partial charge in [0.15, 0.2) is 0 Å². The summed E-state index contributed by atoms with van der Waals surface area (Å²) in [4.78, 5) is 13.9. The number of carbonyl (C=O) groups excluding carboxylic acids is 1. The number of ether oxygens (including phenoxy) is 1. The van der Waals surface area contributed by atoms with E-state index in [0.717, 1.165) is 4.47 Å². The maximum absolute atomic E-state index is 12.2. The Labute approximate surface area is 125 Å². The fourth-order valence-electron chi connectivity index (χ4n) is 1.43. The highest BCUT2D eigenvalue weighted by Crippen LogP contribution is 2.23. The fraction of sp³-hybridized carbons (Fsp3) is 0.417. The molecule has 100 valence electrons. The summed E-state index contributed by atoms with van der Waals surface area (Å²) in [7, 11) is 1.60. The van der Waals surface area contributed by atoms with Gasteiger partial charge in [0, 0.05) is 36.1 Å². The molecule has 0 aliphatic rings. The summed E-state index contributed by atoms with van der Waals surface area (Å²) in [6, 6.07) is 5.12. The molecule has 0 saturated heterocycles. The third-order valence-corrected chi connectivity index (χ3v) is 3.78. The van der Waals surface area contributed by atoms with Gasteiger partial charge in [-0.05, 0) is 34.1 Å². The molecule has 18 heavy (non-hydrogen) atoms. The summed E-state index contributed by atoms with van der Waals surface area (Å²) < 4.78 is 5.74. The maximum Gasteiger partial charge on any atom is 0.254 e. The second kappa shape index (κ2) is 8.00. The average Bonchev–Trinajstić information content (AvgIpc) is 2.37. The molecule has 0 saturated carbocycles. The van der Waals surface area contributed by atoms with Crippen LogP contribution in [0.4, 0.5) is 0 Å². The molecule has 0 radical (unpaired) electrons. The molecule has 0 bridgehead atoms. The van der Waals surface area contributed by atoms with E-state index in [1.54, 1.807) is 30.2 Å². The van der Waals surface area contributed by atoms with Gasteiger partial charge < -0.3 is 9.64 Å². The zero-order valence-corrected chi connectivity index (χ0v) is 13.1. The molecule has 0 atom stereocenters. The lowest BCUT2D eigenvalue weighted by Gasteiger charge is -2.21. The summed E-state index contributed by atoms with van der Waals surface area (Å²) in [5.41, 5.74) is 0.546. The number of amides is 1. The van der Waals surface area contributed by atoms with E-state index in [1.165, 1.54) is 0 Å². The predicted molar refractivity (Wildman–Crippen MR) is 77.7 cm³/mol. The van der Waals surface area contributed by atoms with Gasteiger partial charge in [-0.25, -0.2) is 0 Å². The van der Waals surface area contributed by atoms with Crippen LogP contribution in [0.1, 0.15) is 10.4 Å². The molecular formula is C12H14BrCl2NO2. The van der Waals surface area contributed by atoms with Gasteiger partial charge in [-0.2, -0.15) is 0 Å². The van der Waals surface area contributed by atoms with E-state index in [-0.39, 0.29) is 5.91 Å². The zero-order valence-electron chi connectivity index (χ0n) is 9.96. The Hall–Kier alpha value is -0.290. The predicted octanol–water partition coefficient (Wildman–Crippen LogP) is 3.43. The normalized spacial score (nSPS) is 10.4. The number of rotatable bonds is 6. The first kappa shape index (κ1) is 15.8. The van der Waals surface area contributed by atoms with Crippen molar-refractivity contribution >= 4 is 45.0 Å². The van der Waals surface area contributed by atoms with E-state index in [0.29, 0.717) is 36.2 Å². The second-order valence-electron chi connectivity index (χ2n) is 3.60. The van der Waals surface area contributed by atoms with E-state index < -0.39 is 0 Å². The van der Waals surface area contributed by atoms with Gasteiger partial charge in [0.2, 0.25) is 0 Å². The van der Waals surface area contributed by atoms with Crippen LogP contribution in [0, 0.1) is 0 Å². The van der Waals surface area contributed by atoms with Gasteiger partial charge in [0.25, 0.3) is 5.91 Å². The summed E-state index contributed by atoms with van der Waals surface area (Å²) in [5, 5.41) is 0.512. The number of halogens is 3. The largest absolute Gasteiger partial charge is 0.383 e. The van der Waals surface area contributed by atoms with E-state index in [4.69, 9.17) is 27.9 Å². The summed E-state index contributed by atoms with van der Waals surface area (Å²) in [5.74, 6) is 0.293. The zero-order chi connectivity index (χ0) is 13.5. The van der Waals surface area contributed by atoms with Crippen molar-refractivity contribution in [1.82, 2.24) is 4.90 Å². The molecule has 1 rings (SSSR count). The van der Waals surface area contributed by atoms with Crippen LogP contribution in [0.5, 0.6) is 0 Å². The van der Waals surface area contributed by atoms with Gasteiger partial charge in [0.1, 0.15) is 0 Å². The molecule has 1 aromatic rings. The first-order valence-corrected chi connectivity index (χ1v) is 7.10. The summed E-state index contributed by atoms with van der Waals surface area (Å²) in [6.07, 6.45) is 0. The van der Waals surface area contributed by atoms with E-state index >= 15 is 0 Å². The number of hydrogen-bond donors (Lipinski definition) is 0. The third-order valence-electron chi connectivity index (χ3n) is 2.37. The molecule has 1 amide bonds. The molecule has 1 aromatic carbocycles. The standard InChI is InChI=1S/C12H14BrCl2NO2/c1-18-7-6-16(5-4-14)12(17)9-2-3-10(13)11(15)8-9/h2-3,8H,4-7H2,1H3. The van der Waals surface area contributed by atoms with E-state index in [2.05, 4.69) is 15.9 Å². The molecule has 0 aliphatic carbocycles. The monoisotopic (exact) mass is 353 g/mol. The lowest BCUT2D eigenvalue weighted by Crippen LogP contribution is -2.35. The number of benzene rings is 1. The Kier molecular flexibility index (Phi) is 7.00. The molecule has 3 nitrogen and oxygen atoms in total. The first-order chi connectivity index (χ1) is 8.60. The minimum atomic E-state index is -0.0953. The van der Waals surface area contributed by atoms with Crippen LogP contribution < -0.4 is 0 Å². The van der Waals surface area contributed by atoms with Crippen molar-refractivity contribution in [1.29, 1.82) is 0 Å². The number of carbonyl (C=O) groups is 1. The fourth-order valence-corrected chi connectivity index (χ4v) is 2.06. The molecule has 0 fully saturated rings. The van der Waals surface area contributed by atoms with Gasteiger partial charge in [-0.1, -0.05) is 11.6 Å². The van der Waals surface area contributed by atoms with Gasteiger partial charge >= 0.3 is 0 Å². The highest BCUT2D eigenvalue weighted by atomic mass is 79.9. The summed E-state index contributed by atoms with van der Waals surface area (Å²) >= 11 is 15.0. The number of alkyl halides is 1. The second-order valence-corrected chi connectivity index (χ2v) is 5.24. The van der Waals surface area contributed by atoms with Crippen LogP contribution in [-0.2, 0) is 4.74 Å². The Morgan fingerprint density at radius 3 is 2.72 bits per heavy atom. The summed E-state index contributed by atoms with van der Waals surface area (Å²) in [6.45, 7) is 1.47. The van der Waals surface area contributed by atoms with Crippen molar-refractivity contribution in [2.24, 2.45) is 0 Å². The van der Waals surface area contributed by atoms with Crippen molar-refractivity contribution in [3.63, 3.8) is 0 Å². The Bertz CT molecular complexity index is 415. The SMILES string of the molecule is COCCN(CCCl)C(=O)c1ccc(Br)c(Cl)c1. The quantitative estimate of drug-likeness (QED) is 0.732. The minimum Gasteiger partial charge on any atom is -0.383 e. The van der Waals surface area contributed by atoms with E-state index in [9.17, 15) is 4.79 Å². The van der Waals surface area contributed by atoms with Crippen LogP contribution >= 0.6 is 39.1 Å². The Balaban J connectivity index is 2.83.